The van der Waals surface area contributed by atoms with Crippen LogP contribution in [0, 0.1) is 0 Å². The zero-order valence-corrected chi connectivity index (χ0v) is 10.4. The first-order chi connectivity index (χ1) is 8.22. The van der Waals surface area contributed by atoms with Crippen LogP contribution < -0.4 is 11.1 Å². The van der Waals surface area contributed by atoms with Gasteiger partial charge in [0, 0.05) is 32.4 Å². The van der Waals surface area contributed by atoms with Crippen molar-refractivity contribution < 1.29 is 4.74 Å². The van der Waals surface area contributed by atoms with Gasteiger partial charge in [-0.05, 0) is 19.8 Å². The summed E-state index contributed by atoms with van der Waals surface area (Å²) in [5, 5.41) is 11.4. The fourth-order valence-electron chi connectivity index (χ4n) is 2.09. The molecule has 0 saturated carbocycles. The van der Waals surface area contributed by atoms with Gasteiger partial charge in [0.15, 0.2) is 0 Å². The molecule has 1 aromatic rings. The number of nitrogens with one attached hydrogen (secondary N) is 1. The number of nitrogens with two attached hydrogens (primary N) is 1. The highest BCUT2D eigenvalue weighted by atomic mass is 16.5. The first-order valence-corrected chi connectivity index (χ1v) is 6.16. The second-order valence-electron chi connectivity index (χ2n) is 4.77. The van der Waals surface area contributed by atoms with Gasteiger partial charge in [-0.1, -0.05) is 5.21 Å². The molecule has 1 aliphatic heterocycles. The van der Waals surface area contributed by atoms with Crippen LogP contribution in [0.2, 0.25) is 0 Å². The molecule has 1 aromatic heterocycles. The SMILES string of the molecule is CC1(CNCc2cn(CCN)nn2)CCCO1. The maximum absolute atomic E-state index is 5.70. The van der Waals surface area contributed by atoms with Crippen LogP contribution in [0.3, 0.4) is 0 Å². The predicted molar refractivity (Wildman–Crippen MR) is 64.4 cm³/mol. The first-order valence-electron chi connectivity index (χ1n) is 6.16. The van der Waals surface area contributed by atoms with Crippen molar-refractivity contribution >= 4 is 0 Å². The van der Waals surface area contributed by atoms with E-state index in [2.05, 4.69) is 22.6 Å². The number of ether oxygens (including phenoxy) is 1. The number of hydrogen-bond donors (Lipinski definition) is 2. The fraction of sp³-hybridized carbons (Fsp3) is 0.818. The molecule has 0 spiro atoms. The normalized spacial score (nSPS) is 24.4. The summed E-state index contributed by atoms with van der Waals surface area (Å²) in [7, 11) is 0. The van der Waals surface area contributed by atoms with Gasteiger partial charge in [0.2, 0.25) is 0 Å². The molecule has 0 radical (unpaired) electrons. The summed E-state index contributed by atoms with van der Waals surface area (Å²) >= 11 is 0. The van der Waals surface area contributed by atoms with Crippen LogP contribution in [-0.4, -0.2) is 40.3 Å². The van der Waals surface area contributed by atoms with E-state index < -0.39 is 0 Å². The maximum Gasteiger partial charge on any atom is 0.0964 e. The second-order valence-corrected chi connectivity index (χ2v) is 4.77. The highest BCUT2D eigenvalue weighted by Gasteiger charge is 2.28. The van der Waals surface area contributed by atoms with Crippen molar-refractivity contribution in [1.29, 1.82) is 0 Å². The third-order valence-electron chi connectivity index (χ3n) is 3.05. The van der Waals surface area contributed by atoms with Gasteiger partial charge in [0.25, 0.3) is 0 Å². The van der Waals surface area contributed by atoms with E-state index in [1.54, 1.807) is 4.68 Å². The molecule has 1 aliphatic rings. The Labute approximate surface area is 102 Å². The Hall–Kier alpha value is -0.980. The van der Waals surface area contributed by atoms with E-state index in [4.69, 9.17) is 10.5 Å². The monoisotopic (exact) mass is 239 g/mol. The quantitative estimate of drug-likeness (QED) is 0.724. The van der Waals surface area contributed by atoms with Crippen molar-refractivity contribution in [1.82, 2.24) is 20.3 Å². The van der Waals surface area contributed by atoms with Crippen molar-refractivity contribution in [2.75, 3.05) is 19.7 Å². The van der Waals surface area contributed by atoms with Crippen LogP contribution in [0.4, 0.5) is 0 Å². The summed E-state index contributed by atoms with van der Waals surface area (Å²) in [6.45, 7) is 5.92. The lowest BCUT2D eigenvalue weighted by atomic mass is 10.0. The van der Waals surface area contributed by atoms with Gasteiger partial charge >= 0.3 is 0 Å². The first kappa shape index (κ1) is 12.5. The summed E-state index contributed by atoms with van der Waals surface area (Å²) in [5.74, 6) is 0. The lowest BCUT2D eigenvalue weighted by Gasteiger charge is -2.23. The molecule has 0 amide bonds. The largest absolute Gasteiger partial charge is 0.374 e. The van der Waals surface area contributed by atoms with Crippen molar-refractivity contribution in [3.05, 3.63) is 11.9 Å². The maximum atomic E-state index is 5.70. The topological polar surface area (TPSA) is 78.0 Å². The molecular weight excluding hydrogens is 218 g/mol. The molecular formula is C11H21N5O. The molecule has 1 atom stereocenters. The third kappa shape index (κ3) is 3.49. The lowest BCUT2D eigenvalue weighted by Crippen LogP contribution is -2.36. The van der Waals surface area contributed by atoms with Gasteiger partial charge in [-0.25, -0.2) is 0 Å². The number of hydrogen-bond acceptors (Lipinski definition) is 5. The van der Waals surface area contributed by atoms with Crippen LogP contribution in [0.5, 0.6) is 0 Å². The van der Waals surface area contributed by atoms with Gasteiger partial charge < -0.3 is 15.8 Å². The molecule has 17 heavy (non-hydrogen) atoms. The standard InChI is InChI=1S/C11H21N5O/c1-11(3-2-6-17-11)9-13-7-10-8-16(5-4-12)15-14-10/h8,13H,2-7,9,12H2,1H3. The molecule has 1 unspecified atom stereocenters. The van der Waals surface area contributed by atoms with Crippen molar-refractivity contribution in [2.24, 2.45) is 5.73 Å². The molecule has 6 nitrogen and oxygen atoms in total. The molecule has 96 valence electrons. The predicted octanol–water partition coefficient (Wildman–Crippen LogP) is -0.104. The Balaban J connectivity index is 1.73. The minimum Gasteiger partial charge on any atom is -0.374 e. The average Bonchev–Trinajstić information content (AvgIpc) is 2.90. The van der Waals surface area contributed by atoms with Gasteiger partial charge in [0.05, 0.1) is 17.8 Å². The van der Waals surface area contributed by atoms with Crippen LogP contribution in [-0.2, 0) is 17.8 Å². The lowest BCUT2D eigenvalue weighted by molar-refractivity contribution is 0.0206. The summed E-state index contributed by atoms with van der Waals surface area (Å²) < 4.78 is 7.47. The number of nitrogens with zero attached hydrogens (tertiary/aromatic N) is 3. The molecule has 6 heteroatoms. The Morgan fingerprint density at radius 2 is 2.53 bits per heavy atom. The molecule has 0 aromatic carbocycles. The molecule has 0 bridgehead atoms. The molecule has 2 rings (SSSR count). The van der Waals surface area contributed by atoms with E-state index in [0.29, 0.717) is 13.1 Å². The summed E-state index contributed by atoms with van der Waals surface area (Å²) in [6, 6.07) is 0. The molecule has 3 N–H and O–H groups in total. The van der Waals surface area contributed by atoms with E-state index in [9.17, 15) is 0 Å². The van der Waals surface area contributed by atoms with Crippen molar-refractivity contribution in [3.63, 3.8) is 0 Å². The molecule has 0 aliphatic carbocycles. The minimum absolute atomic E-state index is 0.00669. The molecule has 1 saturated heterocycles. The molecule has 2 heterocycles. The zero-order valence-electron chi connectivity index (χ0n) is 10.4. The van der Waals surface area contributed by atoms with E-state index in [0.717, 1.165) is 38.2 Å². The zero-order chi connectivity index (χ0) is 12.1. The van der Waals surface area contributed by atoms with Gasteiger partial charge in [-0.15, -0.1) is 5.10 Å². The van der Waals surface area contributed by atoms with E-state index in [1.807, 2.05) is 6.20 Å². The van der Waals surface area contributed by atoms with Crippen LogP contribution in [0.1, 0.15) is 25.5 Å². The van der Waals surface area contributed by atoms with Gasteiger partial charge in [-0.3, -0.25) is 4.68 Å². The van der Waals surface area contributed by atoms with Crippen LogP contribution in [0.15, 0.2) is 6.20 Å². The third-order valence-corrected chi connectivity index (χ3v) is 3.05. The molecule has 1 fully saturated rings. The Morgan fingerprint density at radius 1 is 1.65 bits per heavy atom. The number of aromatic nitrogens is 3. The van der Waals surface area contributed by atoms with E-state index >= 15 is 0 Å². The highest BCUT2D eigenvalue weighted by molar-refractivity contribution is 4.92. The van der Waals surface area contributed by atoms with E-state index in [-0.39, 0.29) is 5.60 Å². The number of rotatable bonds is 6. The summed E-state index contributed by atoms with van der Waals surface area (Å²) in [5.41, 5.74) is 6.39. The second kappa shape index (κ2) is 5.57. The Morgan fingerprint density at radius 3 is 3.24 bits per heavy atom. The van der Waals surface area contributed by atoms with Crippen LogP contribution in [0.25, 0.3) is 0 Å². The van der Waals surface area contributed by atoms with Gasteiger partial charge in [0.1, 0.15) is 0 Å². The summed E-state index contributed by atoms with van der Waals surface area (Å²) in [6.07, 6.45) is 4.21. The summed E-state index contributed by atoms with van der Waals surface area (Å²) in [4.78, 5) is 0. The Bertz CT molecular complexity index is 345. The van der Waals surface area contributed by atoms with Crippen LogP contribution >= 0.6 is 0 Å². The van der Waals surface area contributed by atoms with Crippen molar-refractivity contribution in [3.8, 4) is 0 Å². The highest BCUT2D eigenvalue weighted by Crippen LogP contribution is 2.23. The van der Waals surface area contributed by atoms with Crippen molar-refractivity contribution in [2.45, 2.75) is 38.5 Å². The Kier molecular flexibility index (Phi) is 4.09. The van der Waals surface area contributed by atoms with E-state index in [1.165, 1.54) is 0 Å². The van der Waals surface area contributed by atoms with Gasteiger partial charge in [-0.2, -0.15) is 0 Å². The minimum atomic E-state index is -0.00669. The smallest absolute Gasteiger partial charge is 0.0964 e. The fourth-order valence-corrected chi connectivity index (χ4v) is 2.09. The average molecular weight is 239 g/mol.